The van der Waals surface area contributed by atoms with Crippen LogP contribution in [0.4, 0.5) is 17.5 Å². The summed E-state index contributed by atoms with van der Waals surface area (Å²) in [7, 11) is 0. The number of hydrogen-bond donors (Lipinski definition) is 0. The first-order valence-corrected chi connectivity index (χ1v) is 8.80. The molecular weight excluding hydrogens is 300 g/mol. The molecule has 6 nitrogen and oxygen atoms in total. The molecule has 0 N–H and O–H groups in total. The number of hydrogen-bond acceptors (Lipinski definition) is 6. The van der Waals surface area contributed by atoms with Crippen LogP contribution in [0.15, 0.2) is 30.6 Å². The molecule has 2 aliphatic rings. The molecule has 2 aliphatic heterocycles. The summed E-state index contributed by atoms with van der Waals surface area (Å²) in [6.45, 7) is 8.21. The van der Waals surface area contributed by atoms with E-state index in [1.165, 1.54) is 18.5 Å². The zero-order valence-electron chi connectivity index (χ0n) is 14.2. The predicted octanol–water partition coefficient (Wildman–Crippen LogP) is 2.11. The van der Waals surface area contributed by atoms with Gasteiger partial charge >= 0.3 is 0 Å². The molecule has 2 aromatic heterocycles. The van der Waals surface area contributed by atoms with Crippen LogP contribution in [-0.2, 0) is 0 Å². The van der Waals surface area contributed by atoms with Gasteiger partial charge in [-0.3, -0.25) is 4.98 Å². The Bertz CT molecular complexity index is 675. The molecule has 0 aliphatic carbocycles. The van der Waals surface area contributed by atoms with E-state index < -0.39 is 0 Å². The Hall–Kier alpha value is -2.37. The maximum atomic E-state index is 4.85. The number of pyridine rings is 1. The predicted molar refractivity (Wildman–Crippen MR) is 96.9 cm³/mol. The second-order valence-electron chi connectivity index (χ2n) is 6.54. The summed E-state index contributed by atoms with van der Waals surface area (Å²) in [5.74, 6) is 1.97. The van der Waals surface area contributed by atoms with E-state index in [2.05, 4.69) is 49.8 Å². The van der Waals surface area contributed by atoms with E-state index in [1.807, 2.05) is 12.4 Å². The lowest BCUT2D eigenvalue weighted by molar-refractivity contribution is 0.645. The van der Waals surface area contributed by atoms with Gasteiger partial charge in [-0.15, -0.1) is 0 Å². The molecule has 4 heterocycles. The van der Waals surface area contributed by atoms with Crippen LogP contribution < -0.4 is 14.7 Å². The van der Waals surface area contributed by atoms with Gasteiger partial charge in [-0.25, -0.2) is 4.98 Å². The fourth-order valence-electron chi connectivity index (χ4n) is 3.51. The van der Waals surface area contributed by atoms with E-state index in [4.69, 9.17) is 4.98 Å². The minimum Gasteiger partial charge on any atom is -0.368 e. The summed E-state index contributed by atoms with van der Waals surface area (Å²) >= 11 is 0. The van der Waals surface area contributed by atoms with Crippen molar-refractivity contribution in [3.8, 4) is 0 Å². The van der Waals surface area contributed by atoms with Crippen molar-refractivity contribution in [1.29, 1.82) is 0 Å². The van der Waals surface area contributed by atoms with Crippen LogP contribution in [-0.4, -0.2) is 54.2 Å². The largest absolute Gasteiger partial charge is 0.368 e. The second-order valence-corrected chi connectivity index (χ2v) is 6.54. The minimum atomic E-state index is 0.902. The minimum absolute atomic E-state index is 0.902. The molecule has 0 bridgehead atoms. The van der Waals surface area contributed by atoms with Crippen molar-refractivity contribution in [1.82, 2.24) is 15.0 Å². The molecule has 0 spiro atoms. The first kappa shape index (κ1) is 15.2. The molecule has 2 aromatic rings. The average molecular weight is 324 g/mol. The molecule has 0 aromatic carbocycles. The van der Waals surface area contributed by atoms with Crippen LogP contribution in [0, 0.1) is 6.92 Å². The number of nitrogens with zero attached hydrogens (tertiary/aromatic N) is 6. The molecule has 2 saturated heterocycles. The van der Waals surface area contributed by atoms with E-state index in [-0.39, 0.29) is 0 Å². The van der Waals surface area contributed by atoms with E-state index in [0.29, 0.717) is 0 Å². The van der Waals surface area contributed by atoms with Crippen LogP contribution in [0.1, 0.15) is 18.5 Å². The number of rotatable bonds is 3. The van der Waals surface area contributed by atoms with E-state index in [0.717, 1.165) is 56.7 Å². The maximum Gasteiger partial charge on any atom is 0.227 e. The Balaban J connectivity index is 1.47. The van der Waals surface area contributed by atoms with Crippen molar-refractivity contribution in [2.45, 2.75) is 19.8 Å². The van der Waals surface area contributed by atoms with Gasteiger partial charge in [0.25, 0.3) is 0 Å². The normalized spacial score (nSPS) is 18.3. The monoisotopic (exact) mass is 324 g/mol. The SMILES string of the molecule is Cc1cc(N2CCN(c3ccncc3)CC2)nc(N2CCCC2)n1. The standard InChI is InChI=1S/C18H24N6/c1-15-14-17(21-18(20-15)24-8-2-3-9-24)23-12-10-22(11-13-23)16-4-6-19-7-5-16/h4-7,14H,2-3,8-13H2,1H3. The van der Waals surface area contributed by atoms with E-state index >= 15 is 0 Å². The zero-order valence-corrected chi connectivity index (χ0v) is 14.2. The summed E-state index contributed by atoms with van der Waals surface area (Å²) in [6.07, 6.45) is 6.21. The molecule has 0 radical (unpaired) electrons. The third-order valence-electron chi connectivity index (χ3n) is 4.85. The van der Waals surface area contributed by atoms with Crippen LogP contribution >= 0.6 is 0 Å². The van der Waals surface area contributed by atoms with Gasteiger partial charge < -0.3 is 14.7 Å². The molecule has 6 heteroatoms. The van der Waals surface area contributed by atoms with E-state index in [1.54, 1.807) is 0 Å². The molecule has 4 rings (SSSR count). The quantitative estimate of drug-likeness (QED) is 0.862. The highest BCUT2D eigenvalue weighted by molar-refractivity contribution is 5.50. The Labute approximate surface area is 143 Å². The lowest BCUT2D eigenvalue weighted by Crippen LogP contribution is -2.47. The number of piperazine rings is 1. The first-order chi connectivity index (χ1) is 11.8. The van der Waals surface area contributed by atoms with Gasteiger partial charge in [0, 0.05) is 69.1 Å². The first-order valence-electron chi connectivity index (χ1n) is 8.80. The topological polar surface area (TPSA) is 48.4 Å². The molecule has 24 heavy (non-hydrogen) atoms. The summed E-state index contributed by atoms with van der Waals surface area (Å²) < 4.78 is 0. The highest BCUT2D eigenvalue weighted by Crippen LogP contribution is 2.23. The van der Waals surface area contributed by atoms with Gasteiger partial charge in [-0.1, -0.05) is 0 Å². The maximum absolute atomic E-state index is 4.85. The van der Waals surface area contributed by atoms with Crippen molar-refractivity contribution < 1.29 is 0 Å². The molecule has 0 unspecified atom stereocenters. The van der Waals surface area contributed by atoms with Crippen molar-refractivity contribution in [2.75, 3.05) is 54.0 Å². The van der Waals surface area contributed by atoms with Crippen molar-refractivity contribution >= 4 is 17.5 Å². The highest BCUT2D eigenvalue weighted by atomic mass is 15.3. The van der Waals surface area contributed by atoms with Gasteiger partial charge in [0.2, 0.25) is 5.95 Å². The van der Waals surface area contributed by atoms with Crippen LogP contribution in [0.2, 0.25) is 0 Å². The van der Waals surface area contributed by atoms with E-state index in [9.17, 15) is 0 Å². The van der Waals surface area contributed by atoms with Crippen molar-refractivity contribution in [2.24, 2.45) is 0 Å². The third kappa shape index (κ3) is 3.13. The fourth-order valence-corrected chi connectivity index (χ4v) is 3.51. The average Bonchev–Trinajstić information content (AvgIpc) is 3.17. The number of aromatic nitrogens is 3. The summed E-state index contributed by atoms with van der Waals surface area (Å²) in [5, 5.41) is 0. The highest BCUT2D eigenvalue weighted by Gasteiger charge is 2.21. The van der Waals surface area contributed by atoms with Crippen LogP contribution in [0.5, 0.6) is 0 Å². The lowest BCUT2D eigenvalue weighted by atomic mass is 10.2. The Morgan fingerprint density at radius 3 is 2.17 bits per heavy atom. The van der Waals surface area contributed by atoms with Crippen molar-refractivity contribution in [3.63, 3.8) is 0 Å². The van der Waals surface area contributed by atoms with Gasteiger partial charge in [-0.05, 0) is 31.9 Å². The molecule has 2 fully saturated rings. The lowest BCUT2D eigenvalue weighted by Gasteiger charge is -2.37. The molecule has 0 atom stereocenters. The molecule has 0 amide bonds. The Morgan fingerprint density at radius 2 is 1.46 bits per heavy atom. The summed E-state index contributed by atoms with van der Waals surface area (Å²) in [5.41, 5.74) is 2.31. The zero-order chi connectivity index (χ0) is 16.4. The fraction of sp³-hybridized carbons (Fsp3) is 0.500. The third-order valence-corrected chi connectivity index (χ3v) is 4.85. The van der Waals surface area contributed by atoms with Gasteiger partial charge in [0.05, 0.1) is 0 Å². The van der Waals surface area contributed by atoms with Crippen LogP contribution in [0.25, 0.3) is 0 Å². The van der Waals surface area contributed by atoms with Gasteiger partial charge in [0.1, 0.15) is 5.82 Å². The Kier molecular flexibility index (Phi) is 4.19. The summed E-state index contributed by atoms with van der Waals surface area (Å²) in [6, 6.07) is 6.27. The van der Waals surface area contributed by atoms with Crippen molar-refractivity contribution in [3.05, 3.63) is 36.3 Å². The number of aryl methyl sites for hydroxylation is 1. The molecular formula is C18H24N6. The van der Waals surface area contributed by atoms with Gasteiger partial charge in [-0.2, -0.15) is 4.98 Å². The molecule has 0 saturated carbocycles. The summed E-state index contributed by atoms with van der Waals surface area (Å²) in [4.78, 5) is 20.7. The van der Waals surface area contributed by atoms with Gasteiger partial charge in [0.15, 0.2) is 0 Å². The molecule has 126 valence electrons. The Morgan fingerprint density at radius 1 is 0.792 bits per heavy atom. The smallest absolute Gasteiger partial charge is 0.227 e. The number of anilines is 3. The second kappa shape index (κ2) is 6.63. The van der Waals surface area contributed by atoms with Crippen LogP contribution in [0.3, 0.4) is 0 Å².